The van der Waals surface area contributed by atoms with Crippen molar-refractivity contribution in [1.29, 1.82) is 0 Å². The average molecular weight is 403 g/mol. The lowest BCUT2D eigenvalue weighted by Crippen LogP contribution is -2.17. The fourth-order valence-electron chi connectivity index (χ4n) is 2.72. The summed E-state index contributed by atoms with van der Waals surface area (Å²) in [5.74, 6) is 0.0288. The number of amides is 1. The van der Waals surface area contributed by atoms with Crippen molar-refractivity contribution < 1.29 is 4.79 Å². The molecule has 144 valence electrons. The number of carbonyl (C=O) groups excluding carboxylic acids is 1. The lowest BCUT2D eigenvalue weighted by Gasteiger charge is -2.07. The number of hydrogen-bond acceptors (Lipinski definition) is 6. The molecule has 7 nitrogen and oxygen atoms in total. The van der Waals surface area contributed by atoms with Gasteiger partial charge in [0.15, 0.2) is 0 Å². The number of thiophene rings is 1. The van der Waals surface area contributed by atoms with Crippen LogP contribution in [0.25, 0.3) is 10.9 Å². The molecule has 4 aromatic rings. The summed E-state index contributed by atoms with van der Waals surface area (Å²) in [6.45, 7) is 1.99. The van der Waals surface area contributed by atoms with Crippen molar-refractivity contribution in [3.05, 3.63) is 86.3 Å². The van der Waals surface area contributed by atoms with Gasteiger partial charge in [0.25, 0.3) is 11.5 Å². The molecule has 29 heavy (non-hydrogen) atoms. The van der Waals surface area contributed by atoms with E-state index in [0.717, 1.165) is 10.4 Å². The predicted octanol–water partition coefficient (Wildman–Crippen LogP) is 3.80. The van der Waals surface area contributed by atoms with Gasteiger partial charge in [0.2, 0.25) is 5.95 Å². The molecule has 0 radical (unpaired) electrons. The molecule has 0 unspecified atom stereocenters. The van der Waals surface area contributed by atoms with Crippen LogP contribution in [0, 0.1) is 6.92 Å². The normalized spacial score (nSPS) is 11.1. The molecule has 0 aliphatic heterocycles. The molecule has 0 bridgehead atoms. The van der Waals surface area contributed by atoms with E-state index in [1.807, 2.05) is 24.4 Å². The van der Waals surface area contributed by atoms with E-state index in [1.54, 1.807) is 60.0 Å². The highest BCUT2D eigenvalue weighted by atomic mass is 32.1. The summed E-state index contributed by atoms with van der Waals surface area (Å²) in [6, 6.07) is 15.9. The van der Waals surface area contributed by atoms with Crippen molar-refractivity contribution in [2.75, 3.05) is 5.32 Å². The van der Waals surface area contributed by atoms with Crippen LogP contribution in [0.3, 0.4) is 0 Å². The number of hydrogen-bond donors (Lipinski definition) is 3. The van der Waals surface area contributed by atoms with Gasteiger partial charge in [-0.3, -0.25) is 14.6 Å². The van der Waals surface area contributed by atoms with Crippen LogP contribution in [0.1, 0.15) is 20.8 Å². The Bertz CT molecular complexity index is 1260. The lowest BCUT2D eigenvalue weighted by atomic mass is 10.2. The van der Waals surface area contributed by atoms with Gasteiger partial charge in [-0.05, 0) is 60.3 Å². The largest absolute Gasteiger partial charge is 0.326 e. The lowest BCUT2D eigenvalue weighted by molar-refractivity contribution is 0.0955. The van der Waals surface area contributed by atoms with Gasteiger partial charge in [0.05, 0.1) is 17.1 Å². The molecular weight excluding hydrogens is 386 g/mol. The van der Waals surface area contributed by atoms with Gasteiger partial charge < -0.3 is 5.32 Å². The molecule has 0 aliphatic carbocycles. The Morgan fingerprint density at radius 2 is 1.93 bits per heavy atom. The highest BCUT2D eigenvalue weighted by Gasteiger charge is 2.06. The minimum atomic E-state index is -0.306. The first-order valence-electron chi connectivity index (χ1n) is 8.84. The summed E-state index contributed by atoms with van der Waals surface area (Å²) < 4.78 is 0. The Balaban J connectivity index is 1.44. The van der Waals surface area contributed by atoms with Crippen molar-refractivity contribution in [1.82, 2.24) is 15.4 Å². The maximum absolute atomic E-state index is 12.2. The molecule has 3 N–H and O–H groups in total. The third-order valence-electron chi connectivity index (χ3n) is 4.27. The van der Waals surface area contributed by atoms with E-state index in [0.29, 0.717) is 28.1 Å². The van der Waals surface area contributed by atoms with Gasteiger partial charge in [-0.25, -0.2) is 10.4 Å². The number of fused-ring (bicyclic) bond motifs is 1. The number of nitrogens with zero attached hydrogens (tertiary/aromatic N) is 2. The summed E-state index contributed by atoms with van der Waals surface area (Å²) in [4.78, 5) is 32.5. The minimum absolute atomic E-state index is 0.215. The zero-order valence-corrected chi connectivity index (χ0v) is 16.3. The molecule has 4 rings (SSSR count). The number of para-hydroxylation sites is 1. The third kappa shape index (κ3) is 4.22. The van der Waals surface area contributed by atoms with Crippen LogP contribution in [0.2, 0.25) is 0 Å². The van der Waals surface area contributed by atoms with Crippen LogP contribution in [-0.2, 0) is 0 Å². The highest BCUT2D eigenvalue weighted by Crippen LogP contribution is 2.16. The molecule has 0 saturated heterocycles. The summed E-state index contributed by atoms with van der Waals surface area (Å²) in [6.07, 6.45) is 1.63. The fourth-order valence-corrected chi connectivity index (χ4v) is 3.50. The molecule has 2 aromatic heterocycles. The first-order chi connectivity index (χ1) is 14.1. The Morgan fingerprint density at radius 3 is 2.69 bits per heavy atom. The van der Waals surface area contributed by atoms with E-state index in [2.05, 4.69) is 25.8 Å². The van der Waals surface area contributed by atoms with Gasteiger partial charge in [0, 0.05) is 16.1 Å². The number of hydrazone groups is 1. The zero-order chi connectivity index (χ0) is 20.2. The molecular formula is C21H17N5O2S. The minimum Gasteiger partial charge on any atom is -0.326 e. The second-order valence-corrected chi connectivity index (χ2v) is 7.25. The van der Waals surface area contributed by atoms with E-state index in [-0.39, 0.29) is 11.5 Å². The van der Waals surface area contributed by atoms with Crippen LogP contribution < -0.4 is 16.3 Å². The Kier molecular flexibility index (Phi) is 5.17. The maximum atomic E-state index is 12.2. The Hall–Kier alpha value is -3.78. The predicted molar refractivity (Wildman–Crippen MR) is 116 cm³/mol. The van der Waals surface area contributed by atoms with E-state index >= 15 is 0 Å². The van der Waals surface area contributed by atoms with Crippen LogP contribution in [0.15, 0.2) is 69.9 Å². The SMILES string of the molecule is Cc1ccsc1/C=N\NC(=O)c1ccc(Nc2nc3ccccc3c(=O)[nH]2)cc1. The number of aromatic amines is 1. The van der Waals surface area contributed by atoms with E-state index in [9.17, 15) is 9.59 Å². The highest BCUT2D eigenvalue weighted by molar-refractivity contribution is 7.11. The molecule has 0 atom stereocenters. The molecule has 0 fully saturated rings. The molecule has 0 saturated carbocycles. The number of aryl methyl sites for hydroxylation is 1. The molecule has 0 aliphatic rings. The van der Waals surface area contributed by atoms with Crippen molar-refractivity contribution in [3.8, 4) is 0 Å². The van der Waals surface area contributed by atoms with Crippen molar-refractivity contribution in [3.63, 3.8) is 0 Å². The van der Waals surface area contributed by atoms with Crippen LogP contribution >= 0.6 is 11.3 Å². The van der Waals surface area contributed by atoms with Crippen LogP contribution in [0.5, 0.6) is 0 Å². The standard InChI is InChI=1S/C21H17N5O2S/c1-13-10-11-29-18(13)12-22-26-19(27)14-6-8-15(9-7-14)23-21-24-17-5-3-2-4-16(17)20(28)25-21/h2-12H,1H3,(H,26,27)(H2,23,24,25,28)/b22-12-. The average Bonchev–Trinajstić information content (AvgIpc) is 3.13. The van der Waals surface area contributed by atoms with Crippen molar-refractivity contribution >= 4 is 46.0 Å². The second-order valence-electron chi connectivity index (χ2n) is 6.30. The quantitative estimate of drug-likeness (QED) is 0.349. The van der Waals surface area contributed by atoms with Crippen molar-refractivity contribution in [2.24, 2.45) is 5.10 Å². The van der Waals surface area contributed by atoms with Gasteiger partial charge in [-0.2, -0.15) is 5.10 Å². The molecule has 8 heteroatoms. The summed E-state index contributed by atoms with van der Waals surface area (Å²) in [5, 5.41) is 9.55. The molecule has 0 spiro atoms. The number of nitrogens with one attached hydrogen (secondary N) is 3. The van der Waals surface area contributed by atoms with Gasteiger partial charge >= 0.3 is 0 Å². The van der Waals surface area contributed by atoms with Crippen LogP contribution in [-0.4, -0.2) is 22.1 Å². The van der Waals surface area contributed by atoms with E-state index in [1.165, 1.54) is 0 Å². The number of anilines is 2. The first-order valence-corrected chi connectivity index (χ1v) is 9.72. The van der Waals surface area contributed by atoms with E-state index < -0.39 is 0 Å². The molecule has 2 heterocycles. The van der Waals surface area contributed by atoms with Gasteiger partial charge in [-0.1, -0.05) is 12.1 Å². The second kappa shape index (κ2) is 8.07. The Labute approximate surface area is 170 Å². The third-order valence-corrected chi connectivity index (χ3v) is 5.23. The topological polar surface area (TPSA) is 99.2 Å². The number of H-pyrrole nitrogens is 1. The van der Waals surface area contributed by atoms with Gasteiger partial charge in [-0.15, -0.1) is 11.3 Å². The van der Waals surface area contributed by atoms with Gasteiger partial charge in [0.1, 0.15) is 0 Å². The number of rotatable bonds is 5. The fraction of sp³-hybridized carbons (Fsp3) is 0.0476. The number of aromatic nitrogens is 2. The van der Waals surface area contributed by atoms with Crippen LogP contribution in [0.4, 0.5) is 11.6 Å². The number of benzene rings is 2. The molecule has 2 aromatic carbocycles. The monoisotopic (exact) mass is 403 g/mol. The summed E-state index contributed by atoms with van der Waals surface area (Å²) >= 11 is 1.56. The number of carbonyl (C=O) groups is 1. The first kappa shape index (κ1) is 18.6. The smallest absolute Gasteiger partial charge is 0.271 e. The summed E-state index contributed by atoms with van der Waals surface area (Å²) in [5.41, 5.74) is 5.18. The summed E-state index contributed by atoms with van der Waals surface area (Å²) in [7, 11) is 0. The zero-order valence-electron chi connectivity index (χ0n) is 15.5. The molecule has 1 amide bonds. The maximum Gasteiger partial charge on any atom is 0.271 e. The van der Waals surface area contributed by atoms with Crippen molar-refractivity contribution in [2.45, 2.75) is 6.92 Å². The Morgan fingerprint density at radius 1 is 1.14 bits per heavy atom. The van der Waals surface area contributed by atoms with E-state index in [4.69, 9.17) is 0 Å².